The fourth-order valence-corrected chi connectivity index (χ4v) is 4.95. The van der Waals surface area contributed by atoms with Gasteiger partial charge < -0.3 is 31.1 Å². The number of benzene rings is 2. The maximum absolute atomic E-state index is 13.2. The number of carbonyl (C=O) groups is 5. The lowest BCUT2D eigenvalue weighted by Crippen LogP contribution is -2.59. The van der Waals surface area contributed by atoms with Crippen molar-refractivity contribution in [2.24, 2.45) is 11.3 Å². The second kappa shape index (κ2) is 15.7. The van der Waals surface area contributed by atoms with E-state index in [0.717, 1.165) is 37.4 Å². The van der Waals surface area contributed by atoms with Crippen molar-refractivity contribution in [3.8, 4) is 0 Å². The van der Waals surface area contributed by atoms with Gasteiger partial charge in [0.05, 0.1) is 6.04 Å². The second-order valence-electron chi connectivity index (χ2n) is 13.1. The van der Waals surface area contributed by atoms with E-state index in [2.05, 4.69) is 38.1 Å². The minimum atomic E-state index is -1.09. The molecule has 11 heteroatoms. The molecule has 1 aliphatic heterocycles. The Bertz CT molecular complexity index is 1330. The van der Waals surface area contributed by atoms with Crippen molar-refractivity contribution in [1.82, 2.24) is 26.2 Å². The summed E-state index contributed by atoms with van der Waals surface area (Å²) in [5.41, 5.74) is 1.71. The second-order valence-corrected chi connectivity index (χ2v) is 13.1. The first-order valence-corrected chi connectivity index (χ1v) is 15.5. The highest BCUT2D eigenvalue weighted by Gasteiger charge is 2.36. The number of anilines is 1. The normalized spacial score (nSPS) is 15.9. The monoisotopic (exact) mass is 620 g/mol. The SMILES string of the molecule is CC(NC(=O)C(NC(=O)c1ccccc1)C(C)(C)C)C(=O)NC(C(=O)C(=O)NCc1ccc(N2CCN(C)CC2)cc1)C(C)C. The number of carbonyl (C=O) groups excluding carboxylic acids is 5. The van der Waals surface area contributed by atoms with Gasteiger partial charge in [0.1, 0.15) is 12.1 Å². The fourth-order valence-electron chi connectivity index (χ4n) is 4.95. The van der Waals surface area contributed by atoms with E-state index in [1.807, 2.05) is 24.3 Å². The topological polar surface area (TPSA) is 140 Å². The molecule has 0 saturated carbocycles. The van der Waals surface area contributed by atoms with Crippen LogP contribution in [0.5, 0.6) is 0 Å². The van der Waals surface area contributed by atoms with Crippen LogP contribution in [0.3, 0.4) is 0 Å². The van der Waals surface area contributed by atoms with E-state index in [1.165, 1.54) is 6.92 Å². The highest BCUT2D eigenvalue weighted by molar-refractivity contribution is 6.38. The molecular weight excluding hydrogens is 572 g/mol. The van der Waals surface area contributed by atoms with Crippen molar-refractivity contribution in [3.63, 3.8) is 0 Å². The van der Waals surface area contributed by atoms with Gasteiger partial charge in [0.2, 0.25) is 17.6 Å². The molecule has 4 N–H and O–H groups in total. The standard InChI is InChI=1S/C34H48N6O5/c1-22(2)27(28(41)32(44)35-21-24-13-15-26(16-14-24)40-19-17-39(7)18-20-40)37-30(42)23(3)36-33(45)29(34(4,5)6)38-31(43)25-11-9-8-10-12-25/h8-16,22-23,27,29H,17-21H2,1-7H3,(H,35,44)(H,36,45)(H,37,42)(H,38,43). The fraction of sp³-hybridized carbons (Fsp3) is 0.500. The van der Waals surface area contributed by atoms with E-state index in [1.54, 1.807) is 65.0 Å². The number of nitrogens with one attached hydrogen (secondary N) is 4. The molecule has 11 nitrogen and oxygen atoms in total. The Morgan fingerprint density at radius 3 is 1.93 bits per heavy atom. The summed E-state index contributed by atoms with van der Waals surface area (Å²) < 4.78 is 0. The van der Waals surface area contributed by atoms with Gasteiger partial charge in [-0.1, -0.05) is 65.0 Å². The van der Waals surface area contributed by atoms with Gasteiger partial charge in [-0.15, -0.1) is 0 Å². The molecule has 1 aliphatic rings. The summed E-state index contributed by atoms with van der Waals surface area (Å²) in [5, 5.41) is 10.7. The molecule has 45 heavy (non-hydrogen) atoms. The predicted octanol–water partition coefficient (Wildman–Crippen LogP) is 2.11. The first-order chi connectivity index (χ1) is 21.2. The van der Waals surface area contributed by atoms with Crippen LogP contribution in [-0.4, -0.2) is 85.7 Å². The van der Waals surface area contributed by atoms with Crippen LogP contribution in [0.25, 0.3) is 0 Å². The van der Waals surface area contributed by atoms with Crippen LogP contribution in [0, 0.1) is 11.3 Å². The van der Waals surface area contributed by atoms with E-state index < -0.39 is 53.0 Å². The average Bonchev–Trinajstić information content (AvgIpc) is 3.00. The number of ketones is 1. The number of hydrogen-bond donors (Lipinski definition) is 4. The van der Waals surface area contributed by atoms with Gasteiger partial charge >= 0.3 is 0 Å². The number of hydrogen-bond acceptors (Lipinski definition) is 7. The van der Waals surface area contributed by atoms with Crippen molar-refractivity contribution in [3.05, 3.63) is 65.7 Å². The minimum absolute atomic E-state index is 0.168. The Balaban J connectivity index is 1.55. The minimum Gasteiger partial charge on any atom is -0.369 e. The molecule has 0 radical (unpaired) electrons. The van der Waals surface area contributed by atoms with Crippen molar-refractivity contribution in [2.75, 3.05) is 38.1 Å². The molecule has 2 aromatic rings. The van der Waals surface area contributed by atoms with E-state index in [-0.39, 0.29) is 12.5 Å². The van der Waals surface area contributed by atoms with E-state index in [4.69, 9.17) is 0 Å². The molecule has 1 fully saturated rings. The maximum atomic E-state index is 13.2. The molecule has 0 bridgehead atoms. The van der Waals surface area contributed by atoms with Crippen LogP contribution in [0.15, 0.2) is 54.6 Å². The molecule has 0 aliphatic carbocycles. The lowest BCUT2D eigenvalue weighted by atomic mass is 9.85. The first kappa shape index (κ1) is 35.2. The summed E-state index contributed by atoms with van der Waals surface area (Å²) in [6.45, 7) is 14.4. The quantitative estimate of drug-likeness (QED) is 0.267. The average molecular weight is 621 g/mol. The number of likely N-dealkylation sites (N-methyl/N-ethyl adjacent to an activating group) is 1. The molecule has 3 rings (SSSR count). The van der Waals surface area contributed by atoms with Gasteiger partial charge in [-0.3, -0.25) is 24.0 Å². The number of rotatable bonds is 12. The molecule has 2 aromatic carbocycles. The highest BCUT2D eigenvalue weighted by Crippen LogP contribution is 2.21. The Kier molecular flexibility index (Phi) is 12.3. The van der Waals surface area contributed by atoms with Crippen LogP contribution in [-0.2, 0) is 25.7 Å². The summed E-state index contributed by atoms with van der Waals surface area (Å²) >= 11 is 0. The van der Waals surface area contributed by atoms with E-state index in [9.17, 15) is 24.0 Å². The van der Waals surface area contributed by atoms with Crippen molar-refractivity contribution >= 4 is 35.1 Å². The van der Waals surface area contributed by atoms with E-state index >= 15 is 0 Å². The largest absolute Gasteiger partial charge is 0.369 e. The Labute approximate surface area is 266 Å². The Hall–Kier alpha value is -4.25. The number of piperazine rings is 1. The zero-order valence-corrected chi connectivity index (χ0v) is 27.5. The van der Waals surface area contributed by atoms with Gasteiger partial charge in [0.15, 0.2) is 0 Å². The predicted molar refractivity (Wildman–Crippen MR) is 175 cm³/mol. The van der Waals surface area contributed by atoms with Crippen LogP contribution < -0.4 is 26.2 Å². The molecule has 1 heterocycles. The summed E-state index contributed by atoms with van der Waals surface area (Å²) in [7, 11) is 2.11. The van der Waals surface area contributed by atoms with Crippen LogP contribution in [0.2, 0.25) is 0 Å². The van der Waals surface area contributed by atoms with Gasteiger partial charge in [0.25, 0.3) is 11.8 Å². The lowest BCUT2D eigenvalue weighted by Gasteiger charge is -2.34. The molecule has 0 aromatic heterocycles. The third-order valence-electron chi connectivity index (χ3n) is 7.92. The van der Waals surface area contributed by atoms with Gasteiger partial charge in [-0.05, 0) is 55.1 Å². The van der Waals surface area contributed by atoms with Crippen molar-refractivity contribution < 1.29 is 24.0 Å². The first-order valence-electron chi connectivity index (χ1n) is 15.5. The summed E-state index contributed by atoms with van der Waals surface area (Å²) in [6, 6.07) is 13.4. The molecule has 1 saturated heterocycles. The molecule has 4 amide bonds. The zero-order chi connectivity index (χ0) is 33.3. The van der Waals surface area contributed by atoms with Crippen LogP contribution in [0.4, 0.5) is 5.69 Å². The van der Waals surface area contributed by atoms with Crippen LogP contribution >= 0.6 is 0 Å². The smallest absolute Gasteiger partial charge is 0.289 e. The van der Waals surface area contributed by atoms with E-state index in [0.29, 0.717) is 5.56 Å². The molecule has 3 atom stereocenters. The molecule has 0 spiro atoms. The lowest BCUT2D eigenvalue weighted by molar-refractivity contribution is -0.141. The number of Topliss-reactive ketones (excluding diaryl/α,β-unsaturated/α-hetero) is 1. The summed E-state index contributed by atoms with van der Waals surface area (Å²) in [5.74, 6) is -3.53. The maximum Gasteiger partial charge on any atom is 0.289 e. The van der Waals surface area contributed by atoms with Crippen molar-refractivity contribution in [1.29, 1.82) is 0 Å². The Morgan fingerprint density at radius 2 is 1.38 bits per heavy atom. The molecule has 3 unspecified atom stereocenters. The van der Waals surface area contributed by atoms with Crippen LogP contribution in [0.1, 0.15) is 57.5 Å². The van der Waals surface area contributed by atoms with Gasteiger partial charge in [0, 0.05) is 44.0 Å². The van der Waals surface area contributed by atoms with Crippen molar-refractivity contribution in [2.45, 2.75) is 66.2 Å². The summed E-state index contributed by atoms with van der Waals surface area (Å²) in [6.07, 6.45) is 0. The van der Waals surface area contributed by atoms with Gasteiger partial charge in [-0.25, -0.2) is 0 Å². The number of nitrogens with zero attached hydrogens (tertiary/aromatic N) is 2. The zero-order valence-electron chi connectivity index (χ0n) is 27.5. The van der Waals surface area contributed by atoms with Gasteiger partial charge in [-0.2, -0.15) is 0 Å². The molecular formula is C34H48N6O5. The third-order valence-corrected chi connectivity index (χ3v) is 7.92. The summed E-state index contributed by atoms with van der Waals surface area (Å²) in [4.78, 5) is 69.6. The number of amides is 4. The highest BCUT2D eigenvalue weighted by atomic mass is 16.2. The third kappa shape index (κ3) is 10.1. The molecule has 244 valence electrons. The Morgan fingerprint density at radius 1 is 0.778 bits per heavy atom.